The number of nitrogens with zero attached hydrogens (tertiary/aromatic N) is 8. The molecule has 20 heteroatoms. The zero-order valence-corrected chi connectivity index (χ0v) is 72.5. The van der Waals surface area contributed by atoms with Gasteiger partial charge in [0.25, 0.3) is 0 Å². The van der Waals surface area contributed by atoms with E-state index >= 15 is 52.7 Å². The van der Waals surface area contributed by atoms with Crippen molar-refractivity contribution in [3.05, 3.63) is 433 Å². The average molecular weight is 1810 g/mol. The summed E-state index contributed by atoms with van der Waals surface area (Å²) in [6.07, 6.45) is -18.6. The van der Waals surface area contributed by atoms with E-state index in [2.05, 4.69) is 30.3 Å². The van der Waals surface area contributed by atoms with Gasteiger partial charge in [-0.3, -0.25) is 0 Å². The molecule has 21 aromatic rings. The smallest absolute Gasteiger partial charge is 0.308 e. The minimum atomic E-state index is -4.96. The summed E-state index contributed by atoms with van der Waals surface area (Å²) in [6.45, 7) is 4.00. The van der Waals surface area contributed by atoms with Gasteiger partial charge in [-0.15, -0.1) is 0 Å². The molecule has 0 fully saturated rings. The number of fused-ring (bicyclic) bond motifs is 6. The van der Waals surface area contributed by atoms with Crippen LogP contribution in [0.5, 0.6) is 0 Å². The van der Waals surface area contributed by atoms with E-state index in [1.165, 1.54) is 84.9 Å². The zero-order chi connectivity index (χ0) is 93.5. The lowest BCUT2D eigenvalue weighted by molar-refractivity contribution is -0.137. The molecule has 136 heavy (non-hydrogen) atoms. The molecule has 0 aliphatic rings. The van der Waals surface area contributed by atoms with Crippen molar-refractivity contribution in [1.29, 1.82) is 0 Å². The van der Waals surface area contributed by atoms with Gasteiger partial charge in [-0.1, -0.05) is 303 Å². The van der Waals surface area contributed by atoms with Crippen molar-refractivity contribution in [3.8, 4) is 158 Å². The number of aromatic nitrogens is 8. The molecule has 0 saturated heterocycles. The van der Waals surface area contributed by atoms with Gasteiger partial charge in [0.15, 0.2) is 34.9 Å². The van der Waals surface area contributed by atoms with Crippen LogP contribution in [0.4, 0.5) is 52.7 Å². The predicted octanol–water partition coefficient (Wildman–Crippen LogP) is 32.4. The average Bonchev–Trinajstić information content (AvgIpc) is 1.58. The van der Waals surface area contributed by atoms with Gasteiger partial charge in [-0.05, 0) is 190 Å². The quantitative estimate of drug-likeness (QED) is 0.0796. The minimum Gasteiger partial charge on any atom is -0.308 e. The van der Waals surface area contributed by atoms with Crippen molar-refractivity contribution in [2.45, 2.75) is 51.4 Å². The molecular formula is C116H74F12N8. The fourth-order valence-corrected chi connectivity index (χ4v) is 18.7. The van der Waals surface area contributed by atoms with Gasteiger partial charge in [0.05, 0.1) is 55.7 Å². The zero-order valence-electron chi connectivity index (χ0n) is 72.5. The number of aryl methyl sites for hydroxylation is 4. The van der Waals surface area contributed by atoms with Crippen molar-refractivity contribution < 1.29 is 52.7 Å². The van der Waals surface area contributed by atoms with Crippen LogP contribution in [0, 0.1) is 13.8 Å². The summed E-state index contributed by atoms with van der Waals surface area (Å²) in [7, 11) is 0. The Balaban J connectivity index is 0.656. The van der Waals surface area contributed by atoms with Gasteiger partial charge in [-0.25, -0.2) is 29.9 Å². The molecule has 8 nitrogen and oxygen atoms in total. The molecule has 0 radical (unpaired) electrons. The second-order valence-corrected chi connectivity index (χ2v) is 33.7. The van der Waals surface area contributed by atoms with E-state index in [-0.39, 0.29) is 102 Å². The van der Waals surface area contributed by atoms with Crippen molar-refractivity contribution in [3.63, 3.8) is 0 Å². The Kier molecular flexibility index (Phi) is 21.9. The van der Waals surface area contributed by atoms with E-state index < -0.39 is 47.0 Å². The maximum Gasteiger partial charge on any atom is 0.417 e. The first-order valence-electron chi connectivity index (χ1n) is 43.9. The Hall–Kier alpha value is -16.5. The molecule has 17 aromatic carbocycles. The number of hydrogen-bond acceptors (Lipinski definition) is 6. The molecular weight excluding hydrogens is 1730 g/mol. The van der Waals surface area contributed by atoms with Gasteiger partial charge >= 0.3 is 24.7 Å². The highest BCUT2D eigenvalue weighted by Gasteiger charge is 2.41. The molecule has 4 heterocycles. The Morgan fingerprint density at radius 1 is 0.199 bits per heavy atom. The standard InChI is InChI=1S/C116H74F12N8/c1-69-43-50-73(51-44-69)79-54-58-103-91(62-79)92-63-80(55-59-104(92)136(103)106-95(87-35-17-22-40-99(87)115(123,124)125)67-83(68-96(106)88-36-18-23-41-100(88)116(126,127)128)112-133-109(77-29-11-5-12-30-77)130-110(134-112)78-31-13-6-14-32-78)74-52-47-71(48-53-74)45-46-72-49-57-84(70(2)61-72)81-56-60-102-90(64-81)89-37-19-24-42-101(89)135(102)105-93(85-33-15-20-38-97(85)113(117,118)119)65-82(66-94(105)86-34-16-21-39-98(86)114(120,121)122)111-131-107(75-25-7-3-8-26-75)129-108(132-111)76-27-9-4-10-28-76/h3-44,47-68H,45-46H2,1-2H3. The van der Waals surface area contributed by atoms with Crippen LogP contribution < -0.4 is 0 Å². The number of halogens is 12. The van der Waals surface area contributed by atoms with E-state index in [4.69, 9.17) is 29.9 Å². The minimum absolute atomic E-state index is 0.000308. The molecule has 0 amide bonds. The van der Waals surface area contributed by atoms with Gasteiger partial charge in [0.2, 0.25) is 0 Å². The number of benzene rings is 17. The first-order valence-corrected chi connectivity index (χ1v) is 43.9. The van der Waals surface area contributed by atoms with Gasteiger partial charge in [0, 0.05) is 77.2 Å². The number of hydrogen-bond donors (Lipinski definition) is 0. The highest BCUT2D eigenvalue weighted by molar-refractivity contribution is 6.15. The second kappa shape index (κ2) is 34.6. The van der Waals surface area contributed by atoms with Gasteiger partial charge < -0.3 is 9.13 Å². The van der Waals surface area contributed by atoms with Crippen LogP contribution in [0.3, 0.4) is 0 Å². The summed E-state index contributed by atoms with van der Waals surface area (Å²) >= 11 is 0. The molecule has 0 aliphatic heterocycles. The van der Waals surface area contributed by atoms with E-state index in [9.17, 15) is 0 Å². The third-order valence-corrected chi connectivity index (χ3v) is 25.1. The summed E-state index contributed by atoms with van der Waals surface area (Å²) in [4.78, 5) is 29.6. The highest BCUT2D eigenvalue weighted by atomic mass is 19.4. The normalized spacial score (nSPS) is 12.1. The lowest BCUT2D eigenvalue weighted by Gasteiger charge is -2.24. The number of rotatable bonds is 18. The monoisotopic (exact) mass is 1810 g/mol. The summed E-state index contributed by atoms with van der Waals surface area (Å²) < 4.78 is 195. The first-order chi connectivity index (χ1) is 65.8. The first kappa shape index (κ1) is 86.2. The van der Waals surface area contributed by atoms with Crippen molar-refractivity contribution in [2.75, 3.05) is 0 Å². The Labute approximate surface area is 772 Å². The fraction of sp³-hybridized carbons (Fsp3) is 0.0690. The molecule has 21 rings (SSSR count). The van der Waals surface area contributed by atoms with Crippen LogP contribution in [0.2, 0.25) is 0 Å². The molecule has 0 saturated carbocycles. The third kappa shape index (κ3) is 16.4. The van der Waals surface area contributed by atoms with Crippen molar-refractivity contribution in [2.24, 2.45) is 0 Å². The number of alkyl halides is 12. The van der Waals surface area contributed by atoms with Crippen LogP contribution in [-0.4, -0.2) is 39.0 Å². The van der Waals surface area contributed by atoms with Crippen LogP contribution in [-0.2, 0) is 37.5 Å². The van der Waals surface area contributed by atoms with E-state index in [0.29, 0.717) is 78.7 Å². The Bertz CT molecular complexity index is 7940. The van der Waals surface area contributed by atoms with Crippen LogP contribution in [0.25, 0.3) is 201 Å². The molecule has 662 valence electrons. The summed E-state index contributed by atoms with van der Waals surface area (Å²) in [5.41, 5.74) is 8.14. The predicted molar refractivity (Wildman–Crippen MR) is 516 cm³/mol. The molecule has 0 spiro atoms. The summed E-state index contributed by atoms with van der Waals surface area (Å²) in [6, 6.07) is 110. The van der Waals surface area contributed by atoms with Crippen LogP contribution in [0.15, 0.2) is 388 Å². The SMILES string of the molecule is Cc1ccc(-c2ccc3c(c2)c2cc(-c4ccc(CCc5ccc(-c6ccc7c(c6)c6ccccc6n7-c6c(-c7ccccc7C(F)(F)F)cc(-c7nc(-c8ccccc8)nc(-c8ccccc8)n7)cc6-c6ccccc6C(F)(F)F)c(C)c5)cc4)ccc2n3-c2c(-c3ccccc3C(F)(F)F)cc(-c3nc(-c4ccccc4)nc(-c4ccccc4)n3)cc2-c2ccccc2C(F)(F)F)cc1. The lowest BCUT2D eigenvalue weighted by atomic mass is 9.88. The summed E-state index contributed by atoms with van der Waals surface area (Å²) in [5.74, 6) is 0.882. The fourth-order valence-electron chi connectivity index (χ4n) is 18.7. The number of para-hydroxylation sites is 1. The molecule has 0 unspecified atom stereocenters. The maximum atomic E-state index is 16.0. The Morgan fingerprint density at radius 2 is 0.471 bits per heavy atom. The van der Waals surface area contributed by atoms with Crippen LogP contribution in [0.1, 0.15) is 44.5 Å². The molecule has 0 bridgehead atoms. The van der Waals surface area contributed by atoms with Gasteiger partial charge in [0.1, 0.15) is 0 Å². The third-order valence-electron chi connectivity index (χ3n) is 25.1. The molecule has 0 N–H and O–H groups in total. The van der Waals surface area contributed by atoms with Crippen molar-refractivity contribution >= 4 is 43.6 Å². The van der Waals surface area contributed by atoms with E-state index in [1.54, 1.807) is 100 Å². The van der Waals surface area contributed by atoms with Crippen molar-refractivity contribution in [1.82, 2.24) is 39.0 Å². The van der Waals surface area contributed by atoms with Gasteiger partial charge in [-0.2, -0.15) is 52.7 Å². The van der Waals surface area contributed by atoms with E-state index in [0.717, 1.165) is 79.9 Å². The molecule has 4 aromatic heterocycles. The molecule has 0 atom stereocenters. The topological polar surface area (TPSA) is 87.2 Å². The molecule has 0 aliphatic carbocycles. The van der Waals surface area contributed by atoms with Crippen LogP contribution >= 0.6 is 0 Å². The highest BCUT2D eigenvalue weighted by Crippen LogP contribution is 2.54. The largest absolute Gasteiger partial charge is 0.417 e. The van der Waals surface area contributed by atoms with E-state index in [1.807, 2.05) is 172 Å². The summed E-state index contributed by atoms with van der Waals surface area (Å²) in [5, 5.41) is 2.68. The Morgan fingerprint density at radius 3 is 0.824 bits per heavy atom. The lowest BCUT2D eigenvalue weighted by Crippen LogP contribution is -2.11. The second-order valence-electron chi connectivity index (χ2n) is 33.7. The maximum absolute atomic E-state index is 16.0.